The fraction of sp³-hybridized carbons (Fsp3) is 0.429. The fourth-order valence-corrected chi connectivity index (χ4v) is 2.90. The SMILES string of the molecule is CNCc1sc(-c2ccccn2)nc1CC(C)C. The first-order chi connectivity index (χ1) is 8.70. The van der Waals surface area contributed by atoms with Crippen molar-refractivity contribution in [2.24, 2.45) is 5.92 Å². The van der Waals surface area contributed by atoms with Crippen LogP contribution >= 0.6 is 11.3 Å². The summed E-state index contributed by atoms with van der Waals surface area (Å²) < 4.78 is 0. The number of aromatic nitrogens is 2. The van der Waals surface area contributed by atoms with E-state index in [0.29, 0.717) is 5.92 Å². The van der Waals surface area contributed by atoms with Crippen molar-refractivity contribution in [3.05, 3.63) is 35.0 Å². The summed E-state index contributed by atoms with van der Waals surface area (Å²) in [6, 6.07) is 5.95. The summed E-state index contributed by atoms with van der Waals surface area (Å²) in [6.45, 7) is 5.33. The van der Waals surface area contributed by atoms with Gasteiger partial charge in [0.2, 0.25) is 0 Å². The lowest BCUT2D eigenvalue weighted by Crippen LogP contribution is -2.07. The smallest absolute Gasteiger partial charge is 0.142 e. The highest BCUT2D eigenvalue weighted by molar-refractivity contribution is 7.15. The lowest BCUT2D eigenvalue weighted by atomic mass is 10.1. The lowest BCUT2D eigenvalue weighted by Gasteiger charge is -2.03. The summed E-state index contributed by atoms with van der Waals surface area (Å²) in [5.74, 6) is 0.624. The second-order valence-corrected chi connectivity index (χ2v) is 5.82. The molecule has 0 unspecified atom stereocenters. The second-order valence-electron chi connectivity index (χ2n) is 4.73. The third-order valence-corrected chi connectivity index (χ3v) is 3.72. The van der Waals surface area contributed by atoms with E-state index in [-0.39, 0.29) is 0 Å². The number of nitrogens with one attached hydrogen (secondary N) is 1. The first-order valence-corrected chi connectivity index (χ1v) is 7.07. The van der Waals surface area contributed by atoms with Gasteiger partial charge in [-0.05, 0) is 31.5 Å². The number of hydrogen-bond donors (Lipinski definition) is 1. The highest BCUT2D eigenvalue weighted by atomic mass is 32.1. The minimum absolute atomic E-state index is 0.624. The molecule has 2 aromatic heterocycles. The zero-order valence-corrected chi connectivity index (χ0v) is 11.9. The maximum Gasteiger partial charge on any atom is 0.142 e. The molecule has 0 aliphatic carbocycles. The zero-order valence-electron chi connectivity index (χ0n) is 11.1. The van der Waals surface area contributed by atoms with E-state index in [0.717, 1.165) is 23.7 Å². The van der Waals surface area contributed by atoms with Crippen LogP contribution in [-0.4, -0.2) is 17.0 Å². The molecule has 0 radical (unpaired) electrons. The Bertz CT molecular complexity index is 491. The van der Waals surface area contributed by atoms with Crippen molar-refractivity contribution in [2.75, 3.05) is 7.05 Å². The van der Waals surface area contributed by atoms with Crippen LogP contribution in [0.5, 0.6) is 0 Å². The molecule has 0 aliphatic rings. The Morgan fingerprint density at radius 3 is 2.78 bits per heavy atom. The van der Waals surface area contributed by atoms with E-state index in [1.807, 2.05) is 31.4 Å². The van der Waals surface area contributed by atoms with Gasteiger partial charge in [0.1, 0.15) is 5.01 Å². The van der Waals surface area contributed by atoms with Crippen molar-refractivity contribution in [1.29, 1.82) is 0 Å². The Labute approximate surface area is 112 Å². The van der Waals surface area contributed by atoms with Crippen LogP contribution in [0.2, 0.25) is 0 Å². The summed E-state index contributed by atoms with van der Waals surface area (Å²) in [5, 5.41) is 4.24. The van der Waals surface area contributed by atoms with Gasteiger partial charge in [0.05, 0.1) is 11.4 Å². The van der Waals surface area contributed by atoms with Gasteiger partial charge in [0.25, 0.3) is 0 Å². The van der Waals surface area contributed by atoms with E-state index in [9.17, 15) is 0 Å². The summed E-state index contributed by atoms with van der Waals surface area (Å²) in [6.07, 6.45) is 2.84. The van der Waals surface area contributed by atoms with Gasteiger partial charge in [0.15, 0.2) is 0 Å². The number of nitrogens with zero attached hydrogens (tertiary/aromatic N) is 2. The molecule has 1 N–H and O–H groups in total. The quantitative estimate of drug-likeness (QED) is 0.898. The molecular weight excluding hydrogens is 242 g/mol. The minimum atomic E-state index is 0.624. The van der Waals surface area contributed by atoms with Gasteiger partial charge in [-0.3, -0.25) is 4.98 Å². The van der Waals surface area contributed by atoms with Gasteiger partial charge >= 0.3 is 0 Å². The van der Waals surface area contributed by atoms with Gasteiger partial charge in [-0.2, -0.15) is 0 Å². The third-order valence-electron chi connectivity index (χ3n) is 2.60. The van der Waals surface area contributed by atoms with Crippen molar-refractivity contribution in [3.63, 3.8) is 0 Å². The molecular formula is C14H19N3S. The molecule has 2 heterocycles. The Hall–Kier alpha value is -1.26. The van der Waals surface area contributed by atoms with E-state index in [4.69, 9.17) is 4.98 Å². The first-order valence-electron chi connectivity index (χ1n) is 6.25. The summed E-state index contributed by atoms with van der Waals surface area (Å²) >= 11 is 1.74. The monoisotopic (exact) mass is 261 g/mol. The van der Waals surface area contributed by atoms with Crippen molar-refractivity contribution in [2.45, 2.75) is 26.8 Å². The molecule has 0 fully saturated rings. The highest BCUT2D eigenvalue weighted by Crippen LogP contribution is 2.28. The predicted molar refractivity (Wildman–Crippen MR) is 76.7 cm³/mol. The van der Waals surface area contributed by atoms with Gasteiger partial charge in [-0.15, -0.1) is 11.3 Å². The molecule has 0 atom stereocenters. The molecule has 0 spiro atoms. The maximum atomic E-state index is 4.76. The first kappa shape index (κ1) is 13.2. The summed E-state index contributed by atoms with van der Waals surface area (Å²) in [4.78, 5) is 10.5. The average Bonchev–Trinajstić information content (AvgIpc) is 2.73. The predicted octanol–water partition coefficient (Wildman–Crippen LogP) is 3.12. The molecule has 0 bridgehead atoms. The molecule has 0 saturated heterocycles. The normalized spacial score (nSPS) is 11.1. The van der Waals surface area contributed by atoms with Gasteiger partial charge < -0.3 is 5.32 Å². The van der Waals surface area contributed by atoms with Crippen LogP contribution < -0.4 is 5.32 Å². The van der Waals surface area contributed by atoms with E-state index >= 15 is 0 Å². The molecule has 0 amide bonds. The summed E-state index contributed by atoms with van der Waals surface area (Å²) in [5.41, 5.74) is 2.18. The van der Waals surface area contributed by atoms with Crippen molar-refractivity contribution in [3.8, 4) is 10.7 Å². The van der Waals surface area contributed by atoms with Gasteiger partial charge in [-0.1, -0.05) is 19.9 Å². The molecule has 2 aromatic rings. The van der Waals surface area contributed by atoms with E-state index in [1.165, 1.54) is 10.6 Å². The zero-order chi connectivity index (χ0) is 13.0. The van der Waals surface area contributed by atoms with Crippen LogP contribution in [0, 0.1) is 5.92 Å². The Morgan fingerprint density at radius 2 is 2.17 bits per heavy atom. The number of pyridine rings is 1. The highest BCUT2D eigenvalue weighted by Gasteiger charge is 2.13. The number of rotatable bonds is 5. The Morgan fingerprint density at radius 1 is 1.33 bits per heavy atom. The van der Waals surface area contributed by atoms with E-state index in [2.05, 4.69) is 24.1 Å². The Balaban J connectivity index is 2.33. The molecule has 2 rings (SSSR count). The molecule has 0 aliphatic heterocycles. The summed E-state index contributed by atoms with van der Waals surface area (Å²) in [7, 11) is 1.97. The van der Waals surface area contributed by atoms with E-state index in [1.54, 1.807) is 11.3 Å². The molecule has 0 saturated carbocycles. The Kier molecular flexibility index (Phi) is 4.44. The second kappa shape index (κ2) is 6.07. The van der Waals surface area contributed by atoms with Gasteiger partial charge in [0, 0.05) is 17.6 Å². The maximum absolute atomic E-state index is 4.76. The fourth-order valence-electron chi connectivity index (χ4n) is 1.83. The van der Waals surface area contributed by atoms with Crippen LogP contribution in [0.1, 0.15) is 24.4 Å². The van der Waals surface area contributed by atoms with Crippen LogP contribution in [-0.2, 0) is 13.0 Å². The van der Waals surface area contributed by atoms with Crippen LogP contribution in [0.25, 0.3) is 10.7 Å². The van der Waals surface area contributed by atoms with Crippen LogP contribution in [0.15, 0.2) is 24.4 Å². The molecule has 96 valence electrons. The lowest BCUT2D eigenvalue weighted by molar-refractivity contribution is 0.631. The minimum Gasteiger partial charge on any atom is -0.315 e. The topological polar surface area (TPSA) is 37.8 Å². The average molecular weight is 261 g/mol. The molecule has 0 aromatic carbocycles. The largest absolute Gasteiger partial charge is 0.315 e. The van der Waals surface area contributed by atoms with Crippen LogP contribution in [0.3, 0.4) is 0 Å². The van der Waals surface area contributed by atoms with Crippen molar-refractivity contribution < 1.29 is 0 Å². The number of thiazole rings is 1. The molecule has 18 heavy (non-hydrogen) atoms. The molecule has 4 heteroatoms. The van der Waals surface area contributed by atoms with Crippen LogP contribution in [0.4, 0.5) is 0 Å². The van der Waals surface area contributed by atoms with Crippen molar-refractivity contribution >= 4 is 11.3 Å². The van der Waals surface area contributed by atoms with Gasteiger partial charge in [-0.25, -0.2) is 4.98 Å². The standard InChI is InChI=1S/C14H19N3S/c1-10(2)8-12-13(9-15-3)18-14(17-12)11-6-4-5-7-16-11/h4-7,10,15H,8-9H2,1-3H3. The third kappa shape index (κ3) is 3.15. The number of hydrogen-bond acceptors (Lipinski definition) is 4. The molecule has 3 nitrogen and oxygen atoms in total. The van der Waals surface area contributed by atoms with Crippen molar-refractivity contribution in [1.82, 2.24) is 15.3 Å². The van der Waals surface area contributed by atoms with E-state index < -0.39 is 0 Å².